The van der Waals surface area contributed by atoms with Gasteiger partial charge in [0, 0.05) is 10.6 Å². The molecule has 0 N–H and O–H groups in total. The summed E-state index contributed by atoms with van der Waals surface area (Å²) in [5.41, 5.74) is 0.442. The monoisotopic (exact) mass is 334 g/mol. The molecular formula is C17H15ClO5. The van der Waals surface area contributed by atoms with Gasteiger partial charge in [-0.2, -0.15) is 0 Å². The SMILES string of the molecule is COc1ccc(C(=O)COC(=O)COc2ccc(Cl)cc2)cc1. The highest BCUT2D eigenvalue weighted by Gasteiger charge is 2.10. The minimum atomic E-state index is -0.623. The second-order valence-electron chi connectivity index (χ2n) is 4.55. The largest absolute Gasteiger partial charge is 0.497 e. The molecule has 5 nitrogen and oxygen atoms in total. The maximum atomic E-state index is 11.9. The summed E-state index contributed by atoms with van der Waals surface area (Å²) in [6, 6.07) is 13.1. The van der Waals surface area contributed by atoms with Gasteiger partial charge in [0.15, 0.2) is 19.0 Å². The van der Waals surface area contributed by atoms with Crippen LogP contribution in [-0.2, 0) is 9.53 Å². The van der Waals surface area contributed by atoms with Crippen LogP contribution < -0.4 is 9.47 Å². The molecule has 2 aromatic rings. The summed E-state index contributed by atoms with van der Waals surface area (Å²) in [6.45, 7) is -0.618. The van der Waals surface area contributed by atoms with Crippen molar-refractivity contribution in [2.75, 3.05) is 20.3 Å². The van der Waals surface area contributed by atoms with Gasteiger partial charge in [-0.15, -0.1) is 0 Å². The highest BCUT2D eigenvalue weighted by Crippen LogP contribution is 2.15. The van der Waals surface area contributed by atoms with E-state index in [0.717, 1.165) is 0 Å². The fraction of sp³-hybridized carbons (Fsp3) is 0.176. The molecule has 0 spiro atoms. The number of carbonyl (C=O) groups is 2. The van der Waals surface area contributed by atoms with Crippen LogP contribution in [-0.4, -0.2) is 32.1 Å². The predicted molar refractivity (Wildman–Crippen MR) is 85.2 cm³/mol. The second-order valence-corrected chi connectivity index (χ2v) is 4.99. The molecule has 0 fully saturated rings. The van der Waals surface area contributed by atoms with E-state index in [1.807, 2.05) is 0 Å². The zero-order valence-corrected chi connectivity index (χ0v) is 13.2. The Bertz CT molecular complexity index is 664. The number of halogens is 1. The molecule has 2 aromatic carbocycles. The van der Waals surface area contributed by atoms with Crippen LogP contribution in [0.2, 0.25) is 5.02 Å². The summed E-state index contributed by atoms with van der Waals surface area (Å²) < 4.78 is 15.1. The third-order valence-corrected chi connectivity index (χ3v) is 3.20. The highest BCUT2D eigenvalue weighted by atomic mass is 35.5. The number of rotatable bonds is 7. The molecule has 0 saturated heterocycles. The van der Waals surface area contributed by atoms with Crippen molar-refractivity contribution in [3.63, 3.8) is 0 Å². The zero-order valence-electron chi connectivity index (χ0n) is 12.5. The Kier molecular flexibility index (Phi) is 6.00. The molecule has 6 heteroatoms. The van der Waals surface area contributed by atoms with E-state index in [4.69, 9.17) is 25.8 Å². The first kappa shape index (κ1) is 16.8. The van der Waals surface area contributed by atoms with Gasteiger partial charge in [-0.05, 0) is 48.5 Å². The Morgan fingerprint density at radius 2 is 1.52 bits per heavy atom. The number of Topliss-reactive ketones (excluding diaryl/α,β-unsaturated/α-hetero) is 1. The Balaban J connectivity index is 1.76. The summed E-state index contributed by atoms with van der Waals surface area (Å²) >= 11 is 5.74. The number of ether oxygens (including phenoxy) is 3. The smallest absolute Gasteiger partial charge is 0.344 e. The van der Waals surface area contributed by atoms with Crippen LogP contribution in [0, 0.1) is 0 Å². The number of methoxy groups -OCH3 is 1. The van der Waals surface area contributed by atoms with Gasteiger partial charge in [-0.1, -0.05) is 11.6 Å². The van der Waals surface area contributed by atoms with Crippen molar-refractivity contribution >= 4 is 23.4 Å². The minimum Gasteiger partial charge on any atom is -0.497 e. The molecule has 0 atom stereocenters. The van der Waals surface area contributed by atoms with Gasteiger partial charge in [-0.3, -0.25) is 4.79 Å². The van der Waals surface area contributed by atoms with Crippen LogP contribution in [0.4, 0.5) is 0 Å². The third kappa shape index (κ3) is 5.30. The van der Waals surface area contributed by atoms with E-state index in [1.54, 1.807) is 55.6 Å². The standard InChI is InChI=1S/C17H15ClO5/c1-21-14-6-2-12(3-7-14)16(19)10-23-17(20)11-22-15-8-4-13(18)5-9-15/h2-9H,10-11H2,1H3. The second kappa shape index (κ2) is 8.19. The van der Waals surface area contributed by atoms with Crippen LogP contribution in [0.1, 0.15) is 10.4 Å². The fourth-order valence-electron chi connectivity index (χ4n) is 1.72. The van der Waals surface area contributed by atoms with E-state index in [0.29, 0.717) is 22.1 Å². The Hall–Kier alpha value is -2.53. The van der Waals surface area contributed by atoms with E-state index in [-0.39, 0.29) is 19.0 Å². The Morgan fingerprint density at radius 1 is 0.913 bits per heavy atom. The first-order chi connectivity index (χ1) is 11.1. The van der Waals surface area contributed by atoms with Gasteiger partial charge in [0.1, 0.15) is 11.5 Å². The summed E-state index contributed by atoms with van der Waals surface area (Å²) in [6.07, 6.45) is 0. The van der Waals surface area contributed by atoms with Crippen molar-refractivity contribution in [2.45, 2.75) is 0 Å². The first-order valence-electron chi connectivity index (χ1n) is 6.80. The van der Waals surface area contributed by atoms with E-state index >= 15 is 0 Å². The summed E-state index contributed by atoms with van der Waals surface area (Å²) in [7, 11) is 1.54. The molecule has 120 valence electrons. The lowest BCUT2D eigenvalue weighted by atomic mass is 10.1. The zero-order chi connectivity index (χ0) is 16.7. The van der Waals surface area contributed by atoms with Crippen molar-refractivity contribution in [3.8, 4) is 11.5 Å². The molecule has 0 aliphatic rings. The summed E-state index contributed by atoms with van der Waals surface area (Å²) in [5, 5.41) is 0.574. The number of hydrogen-bond acceptors (Lipinski definition) is 5. The summed E-state index contributed by atoms with van der Waals surface area (Å²) in [4.78, 5) is 23.5. The molecule has 0 heterocycles. The molecule has 0 aromatic heterocycles. The van der Waals surface area contributed by atoms with E-state index in [9.17, 15) is 9.59 Å². The number of benzene rings is 2. The van der Waals surface area contributed by atoms with Gasteiger partial charge in [0.05, 0.1) is 7.11 Å². The van der Waals surface area contributed by atoms with E-state index in [2.05, 4.69) is 0 Å². The molecule has 0 aliphatic heterocycles. The number of esters is 1. The van der Waals surface area contributed by atoms with Crippen molar-refractivity contribution in [1.82, 2.24) is 0 Å². The molecule has 23 heavy (non-hydrogen) atoms. The Labute approximate surface area is 138 Å². The fourth-order valence-corrected chi connectivity index (χ4v) is 1.85. The predicted octanol–water partition coefficient (Wildman–Crippen LogP) is 3.15. The van der Waals surface area contributed by atoms with Crippen molar-refractivity contribution < 1.29 is 23.8 Å². The molecule has 0 amide bonds. The van der Waals surface area contributed by atoms with Gasteiger partial charge in [0.25, 0.3) is 0 Å². The maximum absolute atomic E-state index is 11.9. The van der Waals surface area contributed by atoms with E-state index < -0.39 is 5.97 Å². The van der Waals surface area contributed by atoms with Crippen molar-refractivity contribution in [2.24, 2.45) is 0 Å². The van der Waals surface area contributed by atoms with Crippen LogP contribution in [0.5, 0.6) is 11.5 Å². The van der Waals surface area contributed by atoms with Crippen molar-refractivity contribution in [1.29, 1.82) is 0 Å². The molecule has 0 unspecified atom stereocenters. The van der Waals surface area contributed by atoms with E-state index in [1.165, 1.54) is 0 Å². The lowest BCUT2D eigenvalue weighted by molar-refractivity contribution is -0.144. The van der Waals surface area contributed by atoms with Gasteiger partial charge >= 0.3 is 5.97 Å². The maximum Gasteiger partial charge on any atom is 0.344 e. The topological polar surface area (TPSA) is 61.8 Å². The average molecular weight is 335 g/mol. The summed E-state index contributed by atoms with van der Waals surface area (Å²) in [5.74, 6) is 0.219. The van der Waals surface area contributed by atoms with Crippen LogP contribution in [0.25, 0.3) is 0 Å². The number of ketones is 1. The van der Waals surface area contributed by atoms with Crippen LogP contribution >= 0.6 is 11.6 Å². The molecular weight excluding hydrogens is 320 g/mol. The first-order valence-corrected chi connectivity index (χ1v) is 7.17. The number of hydrogen-bond donors (Lipinski definition) is 0. The molecule has 0 aliphatic carbocycles. The minimum absolute atomic E-state index is 0.280. The van der Waals surface area contributed by atoms with Gasteiger partial charge in [-0.25, -0.2) is 4.79 Å². The molecule has 0 radical (unpaired) electrons. The normalized spacial score (nSPS) is 10.0. The van der Waals surface area contributed by atoms with Gasteiger partial charge in [0.2, 0.25) is 0 Å². The lowest BCUT2D eigenvalue weighted by Gasteiger charge is -2.07. The quantitative estimate of drug-likeness (QED) is 0.575. The highest BCUT2D eigenvalue weighted by molar-refractivity contribution is 6.30. The average Bonchev–Trinajstić information content (AvgIpc) is 2.59. The molecule has 0 bridgehead atoms. The number of carbonyl (C=O) groups excluding carboxylic acids is 2. The third-order valence-electron chi connectivity index (χ3n) is 2.95. The molecule has 0 saturated carbocycles. The van der Waals surface area contributed by atoms with Crippen LogP contribution in [0.3, 0.4) is 0 Å². The van der Waals surface area contributed by atoms with Crippen LogP contribution in [0.15, 0.2) is 48.5 Å². The Morgan fingerprint density at radius 3 is 2.13 bits per heavy atom. The van der Waals surface area contributed by atoms with Crippen molar-refractivity contribution in [3.05, 3.63) is 59.1 Å². The molecule has 2 rings (SSSR count). The lowest BCUT2D eigenvalue weighted by Crippen LogP contribution is -2.19. The van der Waals surface area contributed by atoms with Gasteiger partial charge < -0.3 is 14.2 Å².